The molecule has 0 saturated carbocycles. The van der Waals surface area contributed by atoms with Crippen LogP contribution in [-0.2, 0) is 14.3 Å². The number of nitrogens with one attached hydrogen (secondary N) is 1. The monoisotopic (exact) mass is 307 g/mol. The highest BCUT2D eigenvalue weighted by molar-refractivity contribution is 5.92. The Morgan fingerprint density at radius 2 is 1.91 bits per heavy atom. The van der Waals surface area contributed by atoms with E-state index in [-0.39, 0.29) is 24.8 Å². The van der Waals surface area contributed by atoms with E-state index in [1.165, 1.54) is 6.08 Å². The molecule has 0 aliphatic rings. The average Bonchev–Trinajstić information content (AvgIpc) is 2.52. The number of carbonyl (C=O) groups is 2. The summed E-state index contributed by atoms with van der Waals surface area (Å²) in [6, 6.07) is 5.34. The molecule has 1 N–H and O–H groups in total. The van der Waals surface area contributed by atoms with Crippen molar-refractivity contribution in [1.29, 1.82) is 0 Å². The molecule has 0 unspecified atom stereocenters. The number of hydrogen-bond donors (Lipinski definition) is 1. The van der Waals surface area contributed by atoms with Crippen LogP contribution in [0.3, 0.4) is 0 Å². The van der Waals surface area contributed by atoms with Gasteiger partial charge in [0.05, 0.1) is 27.2 Å². The Morgan fingerprint density at radius 3 is 2.55 bits per heavy atom. The van der Waals surface area contributed by atoms with Gasteiger partial charge in [0.15, 0.2) is 11.5 Å². The lowest BCUT2D eigenvalue weighted by Gasteiger charge is -2.07. The molecule has 0 saturated heterocycles. The SMILES string of the molecule is CCOC(=O)CCNC(=O)/C=C/c1ccc(OC)c(OC)c1. The number of ether oxygens (including phenoxy) is 3. The van der Waals surface area contributed by atoms with Crippen molar-refractivity contribution in [3.05, 3.63) is 29.8 Å². The Kier molecular flexibility index (Phi) is 7.53. The summed E-state index contributed by atoms with van der Waals surface area (Å²) in [5.41, 5.74) is 0.804. The minimum absolute atomic E-state index is 0.157. The molecule has 6 nitrogen and oxygen atoms in total. The normalized spacial score (nSPS) is 10.3. The van der Waals surface area contributed by atoms with Gasteiger partial charge in [0.2, 0.25) is 5.91 Å². The van der Waals surface area contributed by atoms with E-state index in [0.717, 1.165) is 5.56 Å². The fraction of sp³-hybridized carbons (Fsp3) is 0.375. The summed E-state index contributed by atoms with van der Waals surface area (Å²) in [7, 11) is 3.11. The molecule has 1 aromatic carbocycles. The number of benzene rings is 1. The first-order chi connectivity index (χ1) is 10.6. The maximum Gasteiger partial charge on any atom is 0.307 e. The minimum Gasteiger partial charge on any atom is -0.493 e. The van der Waals surface area contributed by atoms with Crippen LogP contribution < -0.4 is 14.8 Å². The molecule has 0 heterocycles. The van der Waals surface area contributed by atoms with Crippen molar-refractivity contribution in [3.63, 3.8) is 0 Å². The molecule has 6 heteroatoms. The van der Waals surface area contributed by atoms with E-state index in [1.807, 2.05) is 6.07 Å². The van der Waals surface area contributed by atoms with Crippen molar-refractivity contribution in [1.82, 2.24) is 5.32 Å². The van der Waals surface area contributed by atoms with Crippen molar-refractivity contribution < 1.29 is 23.8 Å². The maximum absolute atomic E-state index is 11.6. The number of carbonyl (C=O) groups excluding carboxylic acids is 2. The summed E-state index contributed by atoms with van der Waals surface area (Å²) >= 11 is 0. The Labute approximate surface area is 130 Å². The lowest BCUT2D eigenvalue weighted by atomic mass is 10.2. The molecule has 22 heavy (non-hydrogen) atoms. The number of rotatable bonds is 8. The van der Waals surface area contributed by atoms with Gasteiger partial charge in [0.1, 0.15) is 0 Å². The molecular weight excluding hydrogens is 286 g/mol. The summed E-state index contributed by atoms with van der Waals surface area (Å²) in [4.78, 5) is 22.7. The molecule has 0 aromatic heterocycles. The predicted octanol–water partition coefficient (Wildman–Crippen LogP) is 1.79. The Balaban J connectivity index is 2.50. The molecule has 0 atom stereocenters. The number of hydrogen-bond acceptors (Lipinski definition) is 5. The zero-order valence-corrected chi connectivity index (χ0v) is 13.0. The van der Waals surface area contributed by atoms with Crippen molar-refractivity contribution in [2.45, 2.75) is 13.3 Å². The van der Waals surface area contributed by atoms with Crippen LogP contribution in [0.5, 0.6) is 11.5 Å². The van der Waals surface area contributed by atoms with Gasteiger partial charge in [-0.05, 0) is 30.7 Å². The molecule has 0 radical (unpaired) electrons. The molecule has 0 aliphatic heterocycles. The fourth-order valence-electron chi connectivity index (χ4n) is 1.71. The number of amides is 1. The first-order valence-corrected chi connectivity index (χ1v) is 6.94. The van der Waals surface area contributed by atoms with Crippen LogP contribution >= 0.6 is 0 Å². The van der Waals surface area contributed by atoms with E-state index in [9.17, 15) is 9.59 Å². The first-order valence-electron chi connectivity index (χ1n) is 6.94. The highest BCUT2D eigenvalue weighted by Crippen LogP contribution is 2.27. The summed E-state index contributed by atoms with van der Waals surface area (Å²) in [5.74, 6) is 0.608. The zero-order chi connectivity index (χ0) is 16.4. The highest BCUT2D eigenvalue weighted by atomic mass is 16.5. The lowest BCUT2D eigenvalue weighted by molar-refractivity contribution is -0.142. The van der Waals surface area contributed by atoms with Gasteiger partial charge in [-0.2, -0.15) is 0 Å². The van der Waals surface area contributed by atoms with Crippen LogP contribution in [0.4, 0.5) is 0 Å². The van der Waals surface area contributed by atoms with E-state index >= 15 is 0 Å². The van der Waals surface area contributed by atoms with Gasteiger partial charge in [-0.25, -0.2) is 0 Å². The third-order valence-electron chi connectivity index (χ3n) is 2.77. The second kappa shape index (κ2) is 9.44. The Bertz CT molecular complexity index is 539. The topological polar surface area (TPSA) is 73.9 Å². The zero-order valence-electron chi connectivity index (χ0n) is 13.0. The van der Waals surface area contributed by atoms with Gasteiger partial charge in [-0.1, -0.05) is 6.07 Å². The number of esters is 1. The molecule has 0 fully saturated rings. The fourth-order valence-corrected chi connectivity index (χ4v) is 1.71. The van der Waals surface area contributed by atoms with E-state index in [2.05, 4.69) is 5.32 Å². The van der Waals surface area contributed by atoms with Crippen molar-refractivity contribution in [2.24, 2.45) is 0 Å². The van der Waals surface area contributed by atoms with E-state index in [0.29, 0.717) is 18.1 Å². The summed E-state index contributed by atoms with van der Waals surface area (Å²) in [6.45, 7) is 2.32. The smallest absolute Gasteiger partial charge is 0.307 e. The van der Waals surface area contributed by atoms with Crippen LogP contribution in [0.25, 0.3) is 6.08 Å². The summed E-state index contributed by atoms with van der Waals surface area (Å²) in [6.07, 6.45) is 3.21. The van der Waals surface area contributed by atoms with E-state index in [1.54, 1.807) is 39.4 Å². The second-order valence-corrected chi connectivity index (χ2v) is 4.29. The molecule has 1 rings (SSSR count). The van der Waals surface area contributed by atoms with Crippen molar-refractivity contribution >= 4 is 18.0 Å². The van der Waals surface area contributed by atoms with Crippen LogP contribution in [0.2, 0.25) is 0 Å². The predicted molar refractivity (Wildman–Crippen MR) is 82.8 cm³/mol. The van der Waals surface area contributed by atoms with Crippen LogP contribution in [0.1, 0.15) is 18.9 Å². The lowest BCUT2D eigenvalue weighted by Crippen LogP contribution is -2.24. The molecule has 0 spiro atoms. The second-order valence-electron chi connectivity index (χ2n) is 4.29. The third-order valence-corrected chi connectivity index (χ3v) is 2.77. The van der Waals surface area contributed by atoms with Gasteiger partial charge in [0.25, 0.3) is 0 Å². The van der Waals surface area contributed by atoms with E-state index in [4.69, 9.17) is 14.2 Å². The van der Waals surface area contributed by atoms with Crippen LogP contribution in [0.15, 0.2) is 24.3 Å². The Morgan fingerprint density at radius 1 is 1.18 bits per heavy atom. The summed E-state index contributed by atoms with van der Waals surface area (Å²) < 4.78 is 15.1. The average molecular weight is 307 g/mol. The summed E-state index contributed by atoms with van der Waals surface area (Å²) in [5, 5.41) is 2.61. The molecular formula is C16H21NO5. The van der Waals surface area contributed by atoms with E-state index < -0.39 is 0 Å². The van der Waals surface area contributed by atoms with Gasteiger partial charge >= 0.3 is 5.97 Å². The largest absolute Gasteiger partial charge is 0.493 e. The van der Waals surface area contributed by atoms with Gasteiger partial charge in [-0.15, -0.1) is 0 Å². The Hall–Kier alpha value is -2.50. The quantitative estimate of drug-likeness (QED) is 0.585. The van der Waals surface area contributed by atoms with Crippen LogP contribution in [-0.4, -0.2) is 39.2 Å². The van der Waals surface area contributed by atoms with Crippen molar-refractivity contribution in [3.8, 4) is 11.5 Å². The standard InChI is InChI=1S/C16H21NO5/c1-4-22-16(19)9-10-17-15(18)8-6-12-5-7-13(20-2)14(11-12)21-3/h5-8,11H,4,9-10H2,1-3H3,(H,17,18)/b8-6+. The maximum atomic E-state index is 11.6. The third kappa shape index (κ3) is 5.87. The van der Waals surface area contributed by atoms with Crippen LogP contribution in [0, 0.1) is 0 Å². The highest BCUT2D eigenvalue weighted by Gasteiger charge is 2.04. The first kappa shape index (κ1) is 17.6. The molecule has 1 aromatic rings. The molecule has 120 valence electrons. The molecule has 0 aliphatic carbocycles. The molecule has 0 bridgehead atoms. The van der Waals surface area contributed by atoms with Gasteiger partial charge in [0, 0.05) is 12.6 Å². The molecule has 1 amide bonds. The number of methoxy groups -OCH3 is 2. The van der Waals surface area contributed by atoms with Crippen molar-refractivity contribution in [2.75, 3.05) is 27.4 Å². The van der Waals surface area contributed by atoms with Gasteiger partial charge in [-0.3, -0.25) is 9.59 Å². The minimum atomic E-state index is -0.327. The van der Waals surface area contributed by atoms with Gasteiger partial charge < -0.3 is 19.5 Å².